The third-order valence-corrected chi connectivity index (χ3v) is 3.57. The second-order valence-corrected chi connectivity index (χ2v) is 4.90. The van der Waals surface area contributed by atoms with Crippen molar-refractivity contribution in [3.63, 3.8) is 0 Å². The zero-order valence-corrected chi connectivity index (χ0v) is 11.0. The standard InChI is InChI=1S/C14H21N3O2/c15-13(14(18)19)6-7-16-8-10-17(11-9-16)12-4-2-1-3-5-12/h1-5,13H,6-11,15H2,(H,18,19). The summed E-state index contributed by atoms with van der Waals surface area (Å²) < 4.78 is 0. The summed E-state index contributed by atoms with van der Waals surface area (Å²) in [7, 11) is 0. The molecule has 0 radical (unpaired) electrons. The van der Waals surface area contributed by atoms with E-state index in [0.717, 1.165) is 32.7 Å². The summed E-state index contributed by atoms with van der Waals surface area (Å²) in [5.41, 5.74) is 6.77. The lowest BCUT2D eigenvalue weighted by molar-refractivity contribution is -0.138. The molecule has 5 nitrogen and oxygen atoms in total. The number of rotatable bonds is 5. The molecule has 0 amide bonds. The van der Waals surface area contributed by atoms with Gasteiger partial charge in [-0.2, -0.15) is 0 Å². The predicted molar refractivity (Wildman–Crippen MR) is 75.3 cm³/mol. The van der Waals surface area contributed by atoms with Gasteiger partial charge < -0.3 is 15.7 Å². The zero-order valence-electron chi connectivity index (χ0n) is 11.0. The SMILES string of the molecule is NC(CCN1CCN(c2ccccc2)CC1)C(=O)O. The molecule has 1 unspecified atom stereocenters. The molecule has 1 heterocycles. The Morgan fingerprint density at radius 2 is 1.84 bits per heavy atom. The molecule has 0 bridgehead atoms. The molecule has 2 rings (SSSR count). The van der Waals surface area contributed by atoms with Gasteiger partial charge in [-0.1, -0.05) is 18.2 Å². The smallest absolute Gasteiger partial charge is 0.320 e. The molecule has 104 valence electrons. The van der Waals surface area contributed by atoms with Gasteiger partial charge in [0.25, 0.3) is 0 Å². The molecular weight excluding hydrogens is 242 g/mol. The minimum Gasteiger partial charge on any atom is -0.480 e. The number of anilines is 1. The van der Waals surface area contributed by atoms with Crippen molar-refractivity contribution in [3.05, 3.63) is 30.3 Å². The van der Waals surface area contributed by atoms with E-state index in [9.17, 15) is 4.79 Å². The fourth-order valence-electron chi connectivity index (χ4n) is 2.31. The van der Waals surface area contributed by atoms with Crippen LogP contribution in [0.4, 0.5) is 5.69 Å². The molecule has 0 saturated carbocycles. The van der Waals surface area contributed by atoms with E-state index in [2.05, 4.69) is 21.9 Å². The number of nitrogens with zero attached hydrogens (tertiary/aromatic N) is 2. The van der Waals surface area contributed by atoms with Gasteiger partial charge in [0.05, 0.1) is 0 Å². The van der Waals surface area contributed by atoms with E-state index in [1.807, 2.05) is 18.2 Å². The molecule has 1 atom stereocenters. The fourth-order valence-corrected chi connectivity index (χ4v) is 2.31. The van der Waals surface area contributed by atoms with E-state index in [-0.39, 0.29) is 0 Å². The van der Waals surface area contributed by atoms with Crippen molar-refractivity contribution in [2.45, 2.75) is 12.5 Å². The van der Waals surface area contributed by atoms with Crippen LogP contribution in [0.25, 0.3) is 0 Å². The first-order chi connectivity index (χ1) is 9.16. The molecule has 0 aliphatic carbocycles. The molecule has 1 aliphatic heterocycles. The van der Waals surface area contributed by atoms with Crippen molar-refractivity contribution < 1.29 is 9.90 Å². The molecule has 1 saturated heterocycles. The second-order valence-electron chi connectivity index (χ2n) is 4.90. The van der Waals surface area contributed by atoms with Crippen molar-refractivity contribution in [1.29, 1.82) is 0 Å². The van der Waals surface area contributed by atoms with Gasteiger partial charge in [0, 0.05) is 38.4 Å². The normalized spacial score (nSPS) is 18.3. The topological polar surface area (TPSA) is 69.8 Å². The van der Waals surface area contributed by atoms with Gasteiger partial charge in [0.1, 0.15) is 6.04 Å². The van der Waals surface area contributed by atoms with Gasteiger partial charge >= 0.3 is 5.97 Å². The van der Waals surface area contributed by atoms with E-state index < -0.39 is 12.0 Å². The molecule has 1 aliphatic rings. The van der Waals surface area contributed by atoms with Crippen LogP contribution in [0.3, 0.4) is 0 Å². The fraction of sp³-hybridized carbons (Fsp3) is 0.500. The first kappa shape index (κ1) is 13.8. The van der Waals surface area contributed by atoms with Crippen molar-refractivity contribution in [1.82, 2.24) is 4.90 Å². The van der Waals surface area contributed by atoms with Gasteiger partial charge in [0.15, 0.2) is 0 Å². The van der Waals surface area contributed by atoms with Crippen LogP contribution >= 0.6 is 0 Å². The molecule has 1 aromatic carbocycles. The van der Waals surface area contributed by atoms with Gasteiger partial charge in [-0.15, -0.1) is 0 Å². The van der Waals surface area contributed by atoms with E-state index in [1.54, 1.807) is 0 Å². The maximum Gasteiger partial charge on any atom is 0.320 e. The average Bonchev–Trinajstić information content (AvgIpc) is 2.46. The summed E-state index contributed by atoms with van der Waals surface area (Å²) in [6, 6.07) is 9.62. The van der Waals surface area contributed by atoms with Crippen molar-refractivity contribution >= 4 is 11.7 Å². The van der Waals surface area contributed by atoms with Crippen LogP contribution in [0.15, 0.2) is 30.3 Å². The molecule has 3 N–H and O–H groups in total. The van der Waals surface area contributed by atoms with Crippen LogP contribution in [0, 0.1) is 0 Å². The van der Waals surface area contributed by atoms with E-state index in [0.29, 0.717) is 6.42 Å². The maximum atomic E-state index is 10.7. The summed E-state index contributed by atoms with van der Waals surface area (Å²) in [4.78, 5) is 15.3. The third-order valence-electron chi connectivity index (χ3n) is 3.57. The lowest BCUT2D eigenvalue weighted by Crippen LogP contribution is -2.47. The summed E-state index contributed by atoms with van der Waals surface area (Å²) in [6.45, 7) is 4.64. The second kappa shape index (κ2) is 6.54. The largest absolute Gasteiger partial charge is 0.480 e. The van der Waals surface area contributed by atoms with Crippen LogP contribution in [0.1, 0.15) is 6.42 Å². The number of nitrogens with two attached hydrogens (primary N) is 1. The lowest BCUT2D eigenvalue weighted by Gasteiger charge is -2.36. The number of hydrogen-bond donors (Lipinski definition) is 2. The molecule has 5 heteroatoms. The molecular formula is C14H21N3O2. The Balaban J connectivity index is 1.75. The van der Waals surface area contributed by atoms with Gasteiger partial charge in [-0.25, -0.2) is 0 Å². The van der Waals surface area contributed by atoms with Gasteiger partial charge in [-0.3, -0.25) is 9.69 Å². The molecule has 1 aromatic rings. The summed E-state index contributed by atoms with van der Waals surface area (Å²) in [5.74, 6) is -0.914. The third kappa shape index (κ3) is 3.94. The van der Waals surface area contributed by atoms with Crippen LogP contribution < -0.4 is 10.6 Å². The molecule has 0 spiro atoms. The number of aliphatic carboxylic acids is 1. The monoisotopic (exact) mass is 263 g/mol. The Morgan fingerprint density at radius 1 is 1.21 bits per heavy atom. The highest BCUT2D eigenvalue weighted by Crippen LogP contribution is 2.15. The lowest BCUT2D eigenvalue weighted by atomic mass is 10.2. The minimum absolute atomic E-state index is 0.515. The first-order valence-electron chi connectivity index (χ1n) is 6.67. The first-order valence-corrected chi connectivity index (χ1v) is 6.67. The van der Waals surface area contributed by atoms with E-state index in [4.69, 9.17) is 10.8 Å². The molecule has 1 fully saturated rings. The highest BCUT2D eigenvalue weighted by Gasteiger charge is 2.19. The molecule has 19 heavy (non-hydrogen) atoms. The number of carbonyl (C=O) groups is 1. The average molecular weight is 263 g/mol. The van der Waals surface area contributed by atoms with Gasteiger partial charge in [-0.05, 0) is 18.6 Å². The Bertz CT molecular complexity index is 402. The number of piperazine rings is 1. The van der Waals surface area contributed by atoms with Gasteiger partial charge in [0.2, 0.25) is 0 Å². The van der Waals surface area contributed by atoms with Crippen LogP contribution in [0.2, 0.25) is 0 Å². The summed E-state index contributed by atoms with van der Waals surface area (Å²) in [5, 5.41) is 8.75. The number of carboxylic acid groups (broad SMARTS) is 1. The Kier molecular flexibility index (Phi) is 4.76. The summed E-state index contributed by atoms with van der Waals surface area (Å²) in [6.07, 6.45) is 0.515. The predicted octanol–water partition coefficient (Wildman–Crippen LogP) is 0.611. The number of para-hydroxylation sites is 1. The van der Waals surface area contributed by atoms with Crippen molar-refractivity contribution in [2.75, 3.05) is 37.6 Å². The van der Waals surface area contributed by atoms with Crippen LogP contribution in [0.5, 0.6) is 0 Å². The molecule has 0 aromatic heterocycles. The minimum atomic E-state index is -0.914. The van der Waals surface area contributed by atoms with E-state index in [1.165, 1.54) is 5.69 Å². The number of hydrogen-bond acceptors (Lipinski definition) is 4. The Morgan fingerprint density at radius 3 is 2.42 bits per heavy atom. The number of benzene rings is 1. The number of carboxylic acids is 1. The quantitative estimate of drug-likeness (QED) is 0.814. The maximum absolute atomic E-state index is 10.7. The van der Waals surface area contributed by atoms with Crippen LogP contribution in [-0.4, -0.2) is 54.7 Å². The zero-order chi connectivity index (χ0) is 13.7. The van der Waals surface area contributed by atoms with E-state index >= 15 is 0 Å². The Labute approximate surface area is 113 Å². The van der Waals surface area contributed by atoms with Crippen molar-refractivity contribution in [3.8, 4) is 0 Å². The Hall–Kier alpha value is -1.59. The summed E-state index contributed by atoms with van der Waals surface area (Å²) >= 11 is 0. The highest BCUT2D eigenvalue weighted by atomic mass is 16.4. The highest BCUT2D eigenvalue weighted by molar-refractivity contribution is 5.72. The van der Waals surface area contributed by atoms with Crippen LogP contribution in [-0.2, 0) is 4.79 Å². The van der Waals surface area contributed by atoms with Crippen molar-refractivity contribution in [2.24, 2.45) is 5.73 Å².